The molecule has 1 aliphatic heterocycles. The van der Waals surface area contributed by atoms with Crippen LogP contribution in [0.1, 0.15) is 39.3 Å². The molecule has 3 rings (SSSR count). The Labute approximate surface area is 170 Å². The number of likely N-dealkylation sites (tertiary alicyclic amines) is 1. The number of hydrogen-bond donors (Lipinski definition) is 0. The zero-order chi connectivity index (χ0) is 20.3. The number of amides is 2. The molecule has 1 unspecified atom stereocenters. The number of ether oxygens (including phenoxy) is 1. The molecule has 1 aliphatic rings. The van der Waals surface area contributed by atoms with Crippen LogP contribution < -0.4 is 4.74 Å². The lowest BCUT2D eigenvalue weighted by molar-refractivity contribution is -0.136. The maximum absolute atomic E-state index is 13.0. The van der Waals surface area contributed by atoms with E-state index in [4.69, 9.17) is 4.74 Å². The van der Waals surface area contributed by atoms with Crippen molar-refractivity contribution in [3.63, 3.8) is 0 Å². The van der Waals surface area contributed by atoms with E-state index in [1.807, 2.05) is 36.3 Å². The normalized spacial score (nSPS) is 16.7. The maximum Gasteiger partial charge on any atom is 0.263 e. The van der Waals surface area contributed by atoms with Crippen molar-refractivity contribution in [2.24, 2.45) is 5.92 Å². The Morgan fingerprint density at radius 2 is 2.18 bits per heavy atom. The molecule has 1 atom stereocenters. The summed E-state index contributed by atoms with van der Waals surface area (Å²) in [4.78, 5) is 34.4. The highest BCUT2D eigenvalue weighted by molar-refractivity contribution is 7.12. The van der Waals surface area contributed by atoms with Gasteiger partial charge >= 0.3 is 0 Å². The van der Waals surface area contributed by atoms with Crippen molar-refractivity contribution in [1.29, 1.82) is 0 Å². The fourth-order valence-corrected chi connectivity index (χ4v) is 4.45. The van der Waals surface area contributed by atoms with Gasteiger partial charge in [-0.2, -0.15) is 0 Å². The van der Waals surface area contributed by atoms with Gasteiger partial charge in [0.2, 0.25) is 5.91 Å². The number of rotatable bonds is 5. The first kappa shape index (κ1) is 20.3. The molecular formula is C21H27N3O3S. The first-order chi connectivity index (χ1) is 13.4. The molecule has 1 fully saturated rings. The summed E-state index contributed by atoms with van der Waals surface area (Å²) < 4.78 is 5.46. The second-order valence-corrected chi connectivity index (χ2v) is 8.26. The fraction of sp³-hybridized carbons (Fsp3) is 0.476. The third-order valence-electron chi connectivity index (χ3n) is 5.30. The second-order valence-electron chi connectivity index (χ2n) is 7.31. The molecule has 150 valence electrons. The van der Waals surface area contributed by atoms with Gasteiger partial charge in [-0.05, 0) is 38.1 Å². The van der Waals surface area contributed by atoms with Gasteiger partial charge in [0, 0.05) is 37.5 Å². The molecule has 3 heterocycles. The number of methoxy groups -OCH3 is 1. The number of carbonyl (C=O) groups excluding carboxylic acids is 2. The highest BCUT2D eigenvalue weighted by atomic mass is 32.1. The van der Waals surface area contributed by atoms with Crippen LogP contribution in [0.25, 0.3) is 0 Å². The van der Waals surface area contributed by atoms with Gasteiger partial charge in [-0.25, -0.2) is 0 Å². The molecule has 0 N–H and O–H groups in total. The van der Waals surface area contributed by atoms with E-state index in [0.29, 0.717) is 19.6 Å². The summed E-state index contributed by atoms with van der Waals surface area (Å²) >= 11 is 1.44. The molecule has 7 heteroatoms. The van der Waals surface area contributed by atoms with Crippen molar-refractivity contribution >= 4 is 23.2 Å². The molecule has 28 heavy (non-hydrogen) atoms. The minimum atomic E-state index is -0.171. The predicted molar refractivity (Wildman–Crippen MR) is 110 cm³/mol. The molecule has 0 radical (unpaired) electrons. The SMILES string of the molecule is COc1c(C)cnc(CN(C)C(=O)C2CCCN(C(=O)c3cccs3)C2)c1C. The summed E-state index contributed by atoms with van der Waals surface area (Å²) in [5, 5.41) is 1.90. The van der Waals surface area contributed by atoms with E-state index in [1.165, 1.54) is 11.3 Å². The molecule has 6 nitrogen and oxygen atoms in total. The summed E-state index contributed by atoms with van der Waals surface area (Å²) in [6, 6.07) is 3.72. The van der Waals surface area contributed by atoms with E-state index in [-0.39, 0.29) is 17.7 Å². The Kier molecular flexibility index (Phi) is 6.34. The quantitative estimate of drug-likeness (QED) is 0.771. The first-order valence-corrected chi connectivity index (χ1v) is 10.4. The molecular weight excluding hydrogens is 374 g/mol. The first-order valence-electron chi connectivity index (χ1n) is 9.49. The summed E-state index contributed by atoms with van der Waals surface area (Å²) in [7, 11) is 3.45. The van der Waals surface area contributed by atoms with Crippen LogP contribution in [0.4, 0.5) is 0 Å². The standard InChI is InChI=1S/C21H27N3O3S/c1-14-11-22-17(15(2)19(14)27-4)13-23(3)20(25)16-7-5-9-24(12-16)21(26)18-8-6-10-28-18/h6,8,10-11,16H,5,7,9,12-13H2,1-4H3. The largest absolute Gasteiger partial charge is 0.496 e. The minimum absolute atomic E-state index is 0.0240. The van der Waals surface area contributed by atoms with Crippen molar-refractivity contribution in [1.82, 2.24) is 14.8 Å². The van der Waals surface area contributed by atoms with Crippen LogP contribution in [0.2, 0.25) is 0 Å². The van der Waals surface area contributed by atoms with E-state index >= 15 is 0 Å². The van der Waals surface area contributed by atoms with Gasteiger partial charge in [-0.15, -0.1) is 11.3 Å². The number of aryl methyl sites for hydroxylation is 1. The second kappa shape index (κ2) is 8.73. The van der Waals surface area contributed by atoms with Crippen molar-refractivity contribution in [2.45, 2.75) is 33.2 Å². The molecule has 0 saturated carbocycles. The molecule has 0 spiro atoms. The number of carbonyl (C=O) groups is 2. The van der Waals surface area contributed by atoms with E-state index in [2.05, 4.69) is 4.98 Å². The van der Waals surface area contributed by atoms with Crippen molar-refractivity contribution in [2.75, 3.05) is 27.2 Å². The van der Waals surface area contributed by atoms with Crippen LogP contribution in [0.5, 0.6) is 5.75 Å². The van der Waals surface area contributed by atoms with Gasteiger partial charge in [-0.3, -0.25) is 14.6 Å². The molecule has 2 aromatic rings. The molecule has 2 aromatic heterocycles. The molecule has 1 saturated heterocycles. The number of pyridine rings is 1. The van der Waals surface area contributed by atoms with E-state index in [9.17, 15) is 9.59 Å². The summed E-state index contributed by atoms with van der Waals surface area (Å²) in [5.74, 6) is 0.729. The van der Waals surface area contributed by atoms with Crippen molar-refractivity contribution in [3.8, 4) is 5.75 Å². The van der Waals surface area contributed by atoms with Gasteiger partial charge in [0.1, 0.15) is 5.75 Å². The molecule has 2 amide bonds. The van der Waals surface area contributed by atoms with Gasteiger partial charge < -0.3 is 14.5 Å². The fourth-order valence-electron chi connectivity index (χ4n) is 3.76. The number of thiophene rings is 1. The third-order valence-corrected chi connectivity index (χ3v) is 6.16. The summed E-state index contributed by atoms with van der Waals surface area (Å²) in [6.07, 6.45) is 3.43. The van der Waals surface area contributed by atoms with Crippen LogP contribution in [0.15, 0.2) is 23.7 Å². The monoisotopic (exact) mass is 401 g/mol. The smallest absolute Gasteiger partial charge is 0.263 e. The molecule has 0 aliphatic carbocycles. The zero-order valence-corrected chi connectivity index (χ0v) is 17.7. The Balaban J connectivity index is 1.67. The van der Waals surface area contributed by atoms with Gasteiger partial charge in [0.05, 0.1) is 30.1 Å². The minimum Gasteiger partial charge on any atom is -0.496 e. The van der Waals surface area contributed by atoms with Crippen LogP contribution in [0, 0.1) is 19.8 Å². The van der Waals surface area contributed by atoms with Gasteiger partial charge in [-0.1, -0.05) is 6.07 Å². The Morgan fingerprint density at radius 3 is 2.86 bits per heavy atom. The topological polar surface area (TPSA) is 62.7 Å². The lowest BCUT2D eigenvalue weighted by atomic mass is 9.96. The number of piperidine rings is 1. The summed E-state index contributed by atoms with van der Waals surface area (Å²) in [6.45, 7) is 5.54. The number of aromatic nitrogens is 1. The van der Waals surface area contributed by atoms with Gasteiger partial charge in [0.25, 0.3) is 5.91 Å². The highest BCUT2D eigenvalue weighted by Gasteiger charge is 2.31. The van der Waals surface area contributed by atoms with E-state index in [0.717, 1.165) is 40.3 Å². The van der Waals surface area contributed by atoms with Crippen LogP contribution in [0.3, 0.4) is 0 Å². The third kappa shape index (κ3) is 4.19. The Hall–Kier alpha value is -2.41. The van der Waals surface area contributed by atoms with Crippen molar-refractivity contribution < 1.29 is 14.3 Å². The Morgan fingerprint density at radius 1 is 1.39 bits per heavy atom. The van der Waals surface area contributed by atoms with Crippen LogP contribution >= 0.6 is 11.3 Å². The lowest BCUT2D eigenvalue weighted by Gasteiger charge is -2.34. The average Bonchev–Trinajstić information content (AvgIpc) is 3.24. The Bertz CT molecular complexity index is 851. The maximum atomic E-state index is 13.0. The van der Waals surface area contributed by atoms with Crippen LogP contribution in [-0.2, 0) is 11.3 Å². The van der Waals surface area contributed by atoms with E-state index in [1.54, 1.807) is 25.3 Å². The summed E-state index contributed by atoms with van der Waals surface area (Å²) in [5.41, 5.74) is 2.77. The van der Waals surface area contributed by atoms with Gasteiger partial charge in [0.15, 0.2) is 0 Å². The molecule has 0 bridgehead atoms. The highest BCUT2D eigenvalue weighted by Crippen LogP contribution is 2.26. The number of nitrogens with zero attached hydrogens (tertiary/aromatic N) is 3. The predicted octanol–water partition coefficient (Wildman–Crippen LogP) is 3.28. The number of hydrogen-bond acceptors (Lipinski definition) is 5. The lowest BCUT2D eigenvalue weighted by Crippen LogP contribution is -2.45. The molecule has 0 aromatic carbocycles. The van der Waals surface area contributed by atoms with Crippen LogP contribution in [-0.4, -0.2) is 53.8 Å². The van der Waals surface area contributed by atoms with E-state index < -0.39 is 0 Å². The zero-order valence-electron chi connectivity index (χ0n) is 16.9. The average molecular weight is 402 g/mol. The van der Waals surface area contributed by atoms with Crippen molar-refractivity contribution in [3.05, 3.63) is 45.4 Å².